The molecule has 0 radical (unpaired) electrons. The van der Waals surface area contributed by atoms with E-state index in [2.05, 4.69) is 12.2 Å². The number of benzene rings is 1. The van der Waals surface area contributed by atoms with E-state index in [1.54, 1.807) is 19.1 Å². The van der Waals surface area contributed by atoms with Gasteiger partial charge in [-0.1, -0.05) is 45.9 Å². The van der Waals surface area contributed by atoms with Crippen LogP contribution in [0.2, 0.25) is 0 Å². The number of Topliss-reactive ketones (excluding diaryl/α,β-unsaturated/α-hetero) is 1. The summed E-state index contributed by atoms with van der Waals surface area (Å²) in [6.07, 6.45) is 5.78. The number of hydrogen-bond donors (Lipinski definition) is 5. The number of aliphatic hydroxyl groups is 2. The highest BCUT2D eigenvalue weighted by Gasteiger charge is 2.51. The van der Waals surface area contributed by atoms with Crippen LogP contribution in [0, 0.1) is 30.6 Å². The van der Waals surface area contributed by atoms with Crippen LogP contribution in [0.3, 0.4) is 0 Å². The molecule has 9 atom stereocenters. The van der Waals surface area contributed by atoms with E-state index < -0.39 is 47.1 Å². The van der Waals surface area contributed by atoms with Crippen molar-refractivity contribution in [2.75, 3.05) is 0 Å². The molecule has 10 heteroatoms. The Balaban J connectivity index is 1.36. The SMILES string of the molecule is C/C(=C/C=C/[C@H](C)[C@H](O)[C@@H](C)[C@H](O)[C@H](C)[C@@H]1O[C@@]2(C)CC[C@H](O2)[C@H]1C)C(=O)NC1=CC(=O)c2cc(O)c(C)c(O)c2C1=O. The lowest BCUT2D eigenvalue weighted by Gasteiger charge is -2.45. The standard InChI is InChI=1S/C33H43NO9/c1-15(27(37)19(5)28(38)20(6)31-18(4)25-11-12-33(7,42-25)43-31)9-8-10-16(2)32(41)34-22-14-24(36)21-13-23(35)17(3)29(39)26(21)30(22)40/h8-10,13-15,18-20,25,27-28,31,35,37-39H,11-12H2,1-7H3,(H,34,41)/b9-8+,16-10-/t15-,18+,19+,20-,25-,27-,28-,31+,33-/m0/s1. The minimum Gasteiger partial charge on any atom is -0.508 e. The Hall–Kier alpha value is -3.31. The lowest BCUT2D eigenvalue weighted by molar-refractivity contribution is -0.309. The Morgan fingerprint density at radius 2 is 1.81 bits per heavy atom. The van der Waals surface area contributed by atoms with Crippen LogP contribution in [0.5, 0.6) is 11.5 Å². The molecule has 1 aliphatic carbocycles. The third-order valence-corrected chi connectivity index (χ3v) is 9.35. The molecule has 0 unspecified atom stereocenters. The molecule has 4 rings (SSSR count). The quantitative estimate of drug-likeness (QED) is 0.210. The summed E-state index contributed by atoms with van der Waals surface area (Å²) in [6, 6.07) is 1.12. The van der Waals surface area contributed by atoms with Crippen LogP contribution in [0.1, 0.15) is 80.7 Å². The van der Waals surface area contributed by atoms with Crippen molar-refractivity contribution in [3.8, 4) is 11.5 Å². The number of allylic oxidation sites excluding steroid dienone is 4. The molecule has 5 N–H and O–H groups in total. The molecule has 234 valence electrons. The molecule has 2 aliphatic heterocycles. The Morgan fingerprint density at radius 1 is 1.14 bits per heavy atom. The molecule has 0 aromatic heterocycles. The maximum atomic E-state index is 12.9. The monoisotopic (exact) mass is 597 g/mol. The molecule has 1 amide bonds. The second-order valence-electron chi connectivity index (χ2n) is 12.6. The zero-order valence-corrected chi connectivity index (χ0v) is 25.7. The first-order valence-electron chi connectivity index (χ1n) is 14.8. The van der Waals surface area contributed by atoms with Gasteiger partial charge in [0, 0.05) is 52.9 Å². The number of aliphatic hydroxyl groups excluding tert-OH is 2. The Labute approximate surface area is 252 Å². The second-order valence-corrected chi connectivity index (χ2v) is 12.6. The zero-order valence-electron chi connectivity index (χ0n) is 25.7. The minimum atomic E-state index is -0.870. The van der Waals surface area contributed by atoms with Crippen LogP contribution in [-0.4, -0.2) is 68.1 Å². The van der Waals surface area contributed by atoms with Gasteiger partial charge in [-0.2, -0.15) is 0 Å². The first kappa shape index (κ1) is 32.6. The maximum absolute atomic E-state index is 12.9. The third kappa shape index (κ3) is 6.33. The molecule has 0 saturated carbocycles. The highest BCUT2D eigenvalue weighted by Crippen LogP contribution is 2.45. The van der Waals surface area contributed by atoms with Crippen molar-refractivity contribution in [2.45, 2.75) is 91.5 Å². The van der Waals surface area contributed by atoms with E-state index >= 15 is 0 Å². The summed E-state index contributed by atoms with van der Waals surface area (Å²) in [7, 11) is 0. The molecular formula is C33H43NO9. The number of ether oxygens (including phenoxy) is 2. The van der Waals surface area contributed by atoms with Crippen molar-refractivity contribution in [1.29, 1.82) is 0 Å². The summed E-state index contributed by atoms with van der Waals surface area (Å²) in [5, 5.41) is 44.9. The van der Waals surface area contributed by atoms with Crippen LogP contribution >= 0.6 is 0 Å². The molecule has 3 aliphatic rings. The van der Waals surface area contributed by atoms with Gasteiger partial charge in [0.05, 0.1) is 35.7 Å². The summed E-state index contributed by atoms with van der Waals surface area (Å²) in [5.41, 5.74) is -0.422. The number of nitrogens with one attached hydrogen (secondary N) is 1. The fourth-order valence-electron chi connectivity index (χ4n) is 6.31. The second kappa shape index (κ2) is 12.4. The van der Waals surface area contributed by atoms with E-state index in [4.69, 9.17) is 9.47 Å². The average molecular weight is 598 g/mol. The molecule has 0 spiro atoms. The fourth-order valence-corrected chi connectivity index (χ4v) is 6.31. The van der Waals surface area contributed by atoms with E-state index in [0.29, 0.717) is 0 Å². The van der Waals surface area contributed by atoms with Crippen molar-refractivity contribution < 1.29 is 44.3 Å². The van der Waals surface area contributed by atoms with Crippen LogP contribution in [0.4, 0.5) is 0 Å². The Bertz CT molecular complexity index is 1390. The lowest BCUT2D eigenvalue weighted by Crippen LogP contribution is -2.52. The van der Waals surface area contributed by atoms with E-state index in [1.165, 1.54) is 19.9 Å². The minimum absolute atomic E-state index is 0.0500. The molecule has 2 saturated heterocycles. The number of fused-ring (bicyclic) bond motifs is 3. The number of carbonyl (C=O) groups excluding carboxylic acids is 3. The third-order valence-electron chi connectivity index (χ3n) is 9.35. The zero-order chi connectivity index (χ0) is 32.0. The van der Waals surface area contributed by atoms with Crippen molar-refractivity contribution >= 4 is 17.5 Å². The highest BCUT2D eigenvalue weighted by atomic mass is 16.7. The van der Waals surface area contributed by atoms with Gasteiger partial charge < -0.3 is 35.2 Å². The number of rotatable bonds is 9. The summed E-state index contributed by atoms with van der Waals surface area (Å²) in [4.78, 5) is 38.3. The van der Waals surface area contributed by atoms with Crippen molar-refractivity contribution in [1.82, 2.24) is 5.32 Å². The van der Waals surface area contributed by atoms with Gasteiger partial charge in [0.15, 0.2) is 11.6 Å². The summed E-state index contributed by atoms with van der Waals surface area (Å²) < 4.78 is 12.3. The summed E-state index contributed by atoms with van der Waals surface area (Å²) in [6.45, 7) is 12.5. The molecular weight excluding hydrogens is 554 g/mol. The van der Waals surface area contributed by atoms with Crippen molar-refractivity contribution in [3.63, 3.8) is 0 Å². The largest absolute Gasteiger partial charge is 0.508 e. The summed E-state index contributed by atoms with van der Waals surface area (Å²) in [5.74, 6) is -4.38. The van der Waals surface area contributed by atoms with Gasteiger partial charge in [0.2, 0.25) is 5.78 Å². The van der Waals surface area contributed by atoms with Crippen LogP contribution in [-0.2, 0) is 14.3 Å². The number of ketones is 2. The molecule has 10 nitrogen and oxygen atoms in total. The van der Waals surface area contributed by atoms with Gasteiger partial charge in [-0.3, -0.25) is 14.4 Å². The molecule has 2 heterocycles. The topological polar surface area (TPSA) is 163 Å². The van der Waals surface area contributed by atoms with Gasteiger partial charge in [0.1, 0.15) is 11.5 Å². The van der Waals surface area contributed by atoms with Crippen molar-refractivity contribution in [2.24, 2.45) is 23.7 Å². The average Bonchev–Trinajstić information content (AvgIpc) is 3.31. The van der Waals surface area contributed by atoms with Crippen LogP contribution in [0.15, 0.2) is 41.6 Å². The smallest absolute Gasteiger partial charge is 0.251 e. The molecule has 43 heavy (non-hydrogen) atoms. The molecule has 1 aromatic rings. The fraction of sp³-hybridized carbons (Fsp3) is 0.545. The van der Waals surface area contributed by atoms with Crippen LogP contribution in [0.25, 0.3) is 0 Å². The van der Waals surface area contributed by atoms with E-state index in [9.17, 15) is 34.8 Å². The molecule has 1 aromatic carbocycles. The number of hydrogen-bond acceptors (Lipinski definition) is 9. The van der Waals surface area contributed by atoms with Gasteiger partial charge in [-0.05, 0) is 33.3 Å². The number of amides is 1. The van der Waals surface area contributed by atoms with E-state index in [1.807, 2.05) is 20.8 Å². The number of phenolic OH excluding ortho intramolecular Hbond substituents is 2. The Kier molecular flexibility index (Phi) is 9.37. The van der Waals surface area contributed by atoms with E-state index in [0.717, 1.165) is 25.0 Å². The number of carbonyl (C=O) groups is 3. The summed E-state index contributed by atoms with van der Waals surface area (Å²) >= 11 is 0. The van der Waals surface area contributed by atoms with Crippen molar-refractivity contribution in [3.05, 3.63) is 58.3 Å². The number of phenols is 2. The predicted molar refractivity (Wildman–Crippen MR) is 158 cm³/mol. The number of aromatic hydroxyl groups is 2. The van der Waals surface area contributed by atoms with Gasteiger partial charge in [-0.25, -0.2) is 0 Å². The van der Waals surface area contributed by atoms with Gasteiger partial charge in [-0.15, -0.1) is 0 Å². The van der Waals surface area contributed by atoms with Crippen LogP contribution < -0.4 is 5.32 Å². The highest BCUT2D eigenvalue weighted by molar-refractivity contribution is 6.26. The Morgan fingerprint density at radius 3 is 2.49 bits per heavy atom. The maximum Gasteiger partial charge on any atom is 0.251 e. The first-order valence-corrected chi connectivity index (χ1v) is 14.8. The van der Waals surface area contributed by atoms with E-state index in [-0.39, 0.29) is 63.7 Å². The first-order chi connectivity index (χ1) is 20.1. The normalized spacial score (nSPS) is 29.1. The predicted octanol–water partition coefficient (Wildman–Crippen LogP) is 3.85. The lowest BCUT2D eigenvalue weighted by atomic mass is 9.78. The molecule has 2 bridgehead atoms. The molecule has 2 fully saturated rings. The van der Waals surface area contributed by atoms with Gasteiger partial charge in [0.25, 0.3) is 5.91 Å². The van der Waals surface area contributed by atoms with Gasteiger partial charge >= 0.3 is 0 Å².